The SMILES string of the molecule is CC(C)c1c(-c2ccc(I)cc2)sc(C(=O)O)c1N. The maximum absolute atomic E-state index is 11.2. The third-order valence-corrected chi connectivity index (χ3v) is 4.84. The fraction of sp³-hybridized carbons (Fsp3) is 0.214. The van der Waals surface area contributed by atoms with Crippen LogP contribution in [0.1, 0.15) is 35.0 Å². The van der Waals surface area contributed by atoms with Gasteiger partial charge in [0.15, 0.2) is 0 Å². The molecule has 2 aromatic rings. The molecule has 0 bridgehead atoms. The minimum atomic E-state index is -0.957. The Hall–Kier alpha value is -1.08. The molecule has 0 saturated heterocycles. The van der Waals surface area contributed by atoms with Crippen molar-refractivity contribution in [1.82, 2.24) is 0 Å². The second-order valence-electron chi connectivity index (χ2n) is 4.55. The molecule has 19 heavy (non-hydrogen) atoms. The zero-order valence-electron chi connectivity index (χ0n) is 10.6. The molecule has 0 aliphatic carbocycles. The van der Waals surface area contributed by atoms with Crippen molar-refractivity contribution in [3.63, 3.8) is 0 Å². The highest BCUT2D eigenvalue weighted by Gasteiger charge is 2.23. The molecule has 5 heteroatoms. The van der Waals surface area contributed by atoms with Crippen LogP contribution in [-0.2, 0) is 0 Å². The van der Waals surface area contributed by atoms with E-state index in [1.165, 1.54) is 11.3 Å². The van der Waals surface area contributed by atoms with E-state index in [2.05, 4.69) is 22.6 Å². The van der Waals surface area contributed by atoms with Gasteiger partial charge in [0.2, 0.25) is 0 Å². The number of carbonyl (C=O) groups is 1. The molecule has 1 aromatic heterocycles. The van der Waals surface area contributed by atoms with Gasteiger partial charge < -0.3 is 10.8 Å². The van der Waals surface area contributed by atoms with Gasteiger partial charge in [-0.25, -0.2) is 4.79 Å². The number of rotatable bonds is 3. The fourth-order valence-corrected chi connectivity index (χ4v) is 3.58. The standard InChI is InChI=1S/C14H14INO2S/c1-7(2)10-11(16)13(14(17)18)19-12(10)8-3-5-9(15)6-4-8/h3-7H,16H2,1-2H3,(H,17,18). The number of benzene rings is 1. The van der Waals surface area contributed by atoms with E-state index in [0.717, 1.165) is 19.6 Å². The Morgan fingerprint density at radius 3 is 2.37 bits per heavy atom. The van der Waals surface area contributed by atoms with E-state index in [9.17, 15) is 9.90 Å². The normalized spacial score (nSPS) is 10.9. The molecule has 1 heterocycles. The summed E-state index contributed by atoms with van der Waals surface area (Å²) in [4.78, 5) is 12.4. The van der Waals surface area contributed by atoms with Crippen LogP contribution in [0.15, 0.2) is 24.3 Å². The Labute approximate surface area is 129 Å². The molecule has 0 aliphatic heterocycles. The Bertz CT molecular complexity index is 617. The molecule has 3 nitrogen and oxygen atoms in total. The van der Waals surface area contributed by atoms with Crippen LogP contribution in [0.2, 0.25) is 0 Å². The van der Waals surface area contributed by atoms with Crippen LogP contribution >= 0.6 is 33.9 Å². The average Bonchev–Trinajstić information content (AvgIpc) is 2.68. The number of halogens is 1. The number of hydrogen-bond donors (Lipinski definition) is 2. The quantitative estimate of drug-likeness (QED) is 0.767. The monoisotopic (exact) mass is 387 g/mol. The lowest BCUT2D eigenvalue weighted by atomic mass is 9.98. The summed E-state index contributed by atoms with van der Waals surface area (Å²) in [6.07, 6.45) is 0. The molecule has 0 unspecified atom stereocenters. The summed E-state index contributed by atoms with van der Waals surface area (Å²) in [7, 11) is 0. The second kappa shape index (κ2) is 5.50. The highest BCUT2D eigenvalue weighted by Crippen LogP contribution is 2.42. The van der Waals surface area contributed by atoms with Crippen molar-refractivity contribution >= 4 is 45.6 Å². The number of aromatic carboxylic acids is 1. The number of nitrogen functional groups attached to an aromatic ring is 1. The molecular formula is C14H14INO2S. The largest absolute Gasteiger partial charge is 0.477 e. The molecule has 0 saturated carbocycles. The van der Waals surface area contributed by atoms with Crippen LogP contribution in [-0.4, -0.2) is 11.1 Å². The van der Waals surface area contributed by atoms with Crippen molar-refractivity contribution in [3.8, 4) is 10.4 Å². The minimum absolute atomic E-state index is 0.193. The number of anilines is 1. The first-order chi connectivity index (χ1) is 8.91. The fourth-order valence-electron chi connectivity index (χ4n) is 2.00. The smallest absolute Gasteiger partial charge is 0.348 e. The zero-order chi connectivity index (χ0) is 14.2. The topological polar surface area (TPSA) is 63.3 Å². The molecule has 0 amide bonds. The number of carboxylic acid groups (broad SMARTS) is 1. The van der Waals surface area contributed by atoms with Crippen molar-refractivity contribution in [2.24, 2.45) is 0 Å². The van der Waals surface area contributed by atoms with Gasteiger partial charge in [-0.15, -0.1) is 11.3 Å². The number of carboxylic acids is 1. The van der Waals surface area contributed by atoms with Crippen LogP contribution in [0.4, 0.5) is 5.69 Å². The summed E-state index contributed by atoms with van der Waals surface area (Å²) in [5.74, 6) is -0.764. The molecule has 0 fully saturated rings. The minimum Gasteiger partial charge on any atom is -0.477 e. The van der Waals surface area contributed by atoms with Gasteiger partial charge in [0.05, 0.1) is 5.69 Å². The molecule has 0 aliphatic rings. The van der Waals surface area contributed by atoms with Crippen LogP contribution in [0.25, 0.3) is 10.4 Å². The zero-order valence-corrected chi connectivity index (χ0v) is 13.6. The van der Waals surface area contributed by atoms with Crippen LogP contribution in [0.3, 0.4) is 0 Å². The van der Waals surface area contributed by atoms with Crippen molar-refractivity contribution in [3.05, 3.63) is 38.3 Å². The first-order valence-electron chi connectivity index (χ1n) is 5.83. The highest BCUT2D eigenvalue weighted by molar-refractivity contribution is 14.1. The number of thiophene rings is 1. The van der Waals surface area contributed by atoms with E-state index >= 15 is 0 Å². The van der Waals surface area contributed by atoms with Crippen LogP contribution < -0.4 is 5.73 Å². The lowest BCUT2D eigenvalue weighted by Gasteiger charge is -2.09. The van der Waals surface area contributed by atoms with Gasteiger partial charge in [0.1, 0.15) is 4.88 Å². The van der Waals surface area contributed by atoms with E-state index in [1.807, 2.05) is 38.1 Å². The summed E-state index contributed by atoms with van der Waals surface area (Å²) in [5, 5.41) is 9.21. The van der Waals surface area contributed by atoms with E-state index < -0.39 is 5.97 Å². The Kier molecular flexibility index (Phi) is 4.15. The summed E-state index contributed by atoms with van der Waals surface area (Å²) in [6, 6.07) is 8.03. The lowest BCUT2D eigenvalue weighted by molar-refractivity contribution is 0.0703. The van der Waals surface area contributed by atoms with E-state index in [0.29, 0.717) is 5.69 Å². The van der Waals surface area contributed by atoms with E-state index in [1.54, 1.807) is 0 Å². The molecule has 0 radical (unpaired) electrons. The molecule has 100 valence electrons. The van der Waals surface area contributed by atoms with Gasteiger partial charge in [-0.05, 0) is 51.8 Å². The predicted molar refractivity (Wildman–Crippen MR) is 87.9 cm³/mol. The number of hydrogen-bond acceptors (Lipinski definition) is 3. The molecule has 3 N–H and O–H groups in total. The van der Waals surface area contributed by atoms with Crippen molar-refractivity contribution in [1.29, 1.82) is 0 Å². The maximum Gasteiger partial charge on any atom is 0.348 e. The summed E-state index contributed by atoms with van der Waals surface area (Å²) in [5.41, 5.74) is 8.36. The first-order valence-corrected chi connectivity index (χ1v) is 7.72. The molecule has 1 aromatic carbocycles. The van der Waals surface area contributed by atoms with Crippen LogP contribution in [0.5, 0.6) is 0 Å². The molecular weight excluding hydrogens is 373 g/mol. The van der Waals surface area contributed by atoms with Gasteiger partial charge >= 0.3 is 5.97 Å². The van der Waals surface area contributed by atoms with Gasteiger partial charge in [-0.2, -0.15) is 0 Å². The highest BCUT2D eigenvalue weighted by atomic mass is 127. The van der Waals surface area contributed by atoms with Gasteiger partial charge in [0.25, 0.3) is 0 Å². The number of nitrogens with two attached hydrogens (primary N) is 1. The van der Waals surface area contributed by atoms with Crippen LogP contribution in [0, 0.1) is 3.57 Å². The second-order valence-corrected chi connectivity index (χ2v) is 6.82. The van der Waals surface area contributed by atoms with Crippen molar-refractivity contribution in [2.45, 2.75) is 19.8 Å². The van der Waals surface area contributed by atoms with Crippen molar-refractivity contribution in [2.75, 3.05) is 5.73 Å². The Morgan fingerprint density at radius 1 is 1.32 bits per heavy atom. The van der Waals surface area contributed by atoms with E-state index in [4.69, 9.17) is 5.73 Å². The Morgan fingerprint density at radius 2 is 1.89 bits per heavy atom. The third-order valence-electron chi connectivity index (χ3n) is 2.86. The van der Waals surface area contributed by atoms with Gasteiger partial charge in [-0.1, -0.05) is 26.0 Å². The predicted octanol–water partition coefficient (Wildman–Crippen LogP) is 4.42. The van der Waals surface area contributed by atoms with Crippen molar-refractivity contribution < 1.29 is 9.90 Å². The summed E-state index contributed by atoms with van der Waals surface area (Å²) < 4.78 is 1.15. The first kappa shape index (κ1) is 14.3. The molecule has 0 atom stereocenters. The lowest BCUT2D eigenvalue weighted by Crippen LogP contribution is -2.00. The average molecular weight is 387 g/mol. The third kappa shape index (κ3) is 2.76. The summed E-state index contributed by atoms with van der Waals surface area (Å²) in [6.45, 7) is 4.06. The maximum atomic E-state index is 11.2. The van der Waals surface area contributed by atoms with E-state index in [-0.39, 0.29) is 10.8 Å². The molecule has 0 spiro atoms. The summed E-state index contributed by atoms with van der Waals surface area (Å²) >= 11 is 3.50. The molecule has 2 rings (SSSR count). The Balaban J connectivity index is 2.65. The van der Waals surface area contributed by atoms with Gasteiger partial charge in [0, 0.05) is 8.45 Å². The van der Waals surface area contributed by atoms with Gasteiger partial charge in [-0.3, -0.25) is 0 Å².